The number of nitrogens with zero attached hydrogens (tertiary/aromatic N) is 4. The number of rotatable bonds is 6. The summed E-state index contributed by atoms with van der Waals surface area (Å²) in [6.45, 7) is 6.50. The van der Waals surface area contributed by atoms with Crippen LogP contribution >= 0.6 is 24.0 Å². The first-order chi connectivity index (χ1) is 12.5. The van der Waals surface area contributed by atoms with Gasteiger partial charge in [-0.25, -0.2) is 15.0 Å². The molecule has 0 bridgehead atoms. The summed E-state index contributed by atoms with van der Waals surface area (Å²) in [5.41, 5.74) is 3.97. The van der Waals surface area contributed by atoms with Crippen LogP contribution in [0.25, 0.3) is 0 Å². The summed E-state index contributed by atoms with van der Waals surface area (Å²) in [5.74, 6) is 2.73. The van der Waals surface area contributed by atoms with Crippen LogP contribution in [0.4, 0.5) is 5.95 Å². The summed E-state index contributed by atoms with van der Waals surface area (Å²) in [4.78, 5) is 20.7. The lowest BCUT2D eigenvalue weighted by molar-refractivity contribution is 1.04. The molecule has 0 aliphatic carbocycles. The minimum absolute atomic E-state index is 0.473. The van der Waals surface area contributed by atoms with Crippen LogP contribution in [-0.4, -0.2) is 50.4 Å². The molecular weight excluding hydrogens is 368 g/mol. The Labute approximate surface area is 163 Å². The van der Waals surface area contributed by atoms with Gasteiger partial charge < -0.3 is 15.6 Å². The van der Waals surface area contributed by atoms with Crippen molar-refractivity contribution in [2.45, 2.75) is 26.5 Å². The van der Waals surface area contributed by atoms with Gasteiger partial charge in [0.15, 0.2) is 5.11 Å². The molecule has 0 saturated carbocycles. The molecule has 0 atom stereocenters. The second-order valence-corrected chi connectivity index (χ2v) is 7.07. The van der Waals surface area contributed by atoms with Crippen molar-refractivity contribution in [3.8, 4) is 0 Å². The van der Waals surface area contributed by atoms with Crippen molar-refractivity contribution in [3.05, 3.63) is 35.2 Å². The Hall–Kier alpha value is -2.20. The molecule has 0 aliphatic heterocycles. The van der Waals surface area contributed by atoms with E-state index in [9.17, 15) is 0 Å². The van der Waals surface area contributed by atoms with Crippen molar-refractivity contribution in [1.29, 1.82) is 0 Å². The molecule has 0 aromatic carbocycles. The largest absolute Gasteiger partial charge is 0.365 e. The molecule has 0 aliphatic rings. The Balaban J connectivity index is 1.93. The van der Waals surface area contributed by atoms with Crippen molar-refractivity contribution in [1.82, 2.24) is 30.6 Å². The summed E-state index contributed by atoms with van der Waals surface area (Å²) in [7, 11) is 1.75. The Morgan fingerprint density at radius 3 is 2.62 bits per heavy atom. The third kappa shape index (κ3) is 6.60. The van der Waals surface area contributed by atoms with Gasteiger partial charge in [0.2, 0.25) is 11.9 Å². The summed E-state index contributed by atoms with van der Waals surface area (Å²) in [6, 6.07) is 1.92. The first-order valence-electron chi connectivity index (χ1n) is 8.17. The summed E-state index contributed by atoms with van der Waals surface area (Å²) in [5, 5.41) is 9.47. The number of aromatic amines is 1. The van der Waals surface area contributed by atoms with Crippen LogP contribution in [0.15, 0.2) is 17.4 Å². The van der Waals surface area contributed by atoms with Gasteiger partial charge in [-0.15, -0.1) is 0 Å². The van der Waals surface area contributed by atoms with E-state index >= 15 is 0 Å². The monoisotopic (exact) mass is 392 g/mol. The molecule has 0 fully saturated rings. The van der Waals surface area contributed by atoms with E-state index in [1.165, 1.54) is 0 Å². The predicted molar refractivity (Wildman–Crippen MR) is 112 cm³/mol. The van der Waals surface area contributed by atoms with Crippen LogP contribution in [0.1, 0.15) is 22.8 Å². The molecule has 0 saturated heterocycles. The quantitative estimate of drug-likeness (QED) is 0.256. The molecule has 0 amide bonds. The van der Waals surface area contributed by atoms with Gasteiger partial charge in [-0.2, -0.15) is 11.8 Å². The topological polar surface area (TPSA) is 103 Å². The van der Waals surface area contributed by atoms with Gasteiger partial charge in [0.25, 0.3) is 0 Å². The summed E-state index contributed by atoms with van der Waals surface area (Å²) < 4.78 is 0. The number of imidazole rings is 1. The Morgan fingerprint density at radius 1 is 1.27 bits per heavy atom. The maximum atomic E-state index is 5.17. The van der Waals surface area contributed by atoms with Gasteiger partial charge in [-0.1, -0.05) is 0 Å². The molecule has 4 N–H and O–H groups in total. The first-order valence-corrected chi connectivity index (χ1v) is 9.73. The van der Waals surface area contributed by atoms with E-state index in [4.69, 9.17) is 12.2 Å². The number of aliphatic imine (C=N–C) groups is 1. The van der Waals surface area contributed by atoms with Crippen molar-refractivity contribution < 1.29 is 0 Å². The first kappa shape index (κ1) is 20.1. The lowest BCUT2D eigenvalue weighted by Crippen LogP contribution is -2.41. The van der Waals surface area contributed by atoms with Crippen LogP contribution in [-0.2, 0) is 5.75 Å². The van der Waals surface area contributed by atoms with E-state index < -0.39 is 0 Å². The molecule has 8 nitrogen and oxygen atoms in total. The molecule has 2 heterocycles. The molecule has 26 heavy (non-hydrogen) atoms. The number of guanidine groups is 1. The SMILES string of the molecule is CNC(=S)NC(=NCCSCc1nc[nH]c1C)Nc1nc(C)cc(C)n1. The average Bonchev–Trinajstić information content (AvgIpc) is 2.98. The highest BCUT2D eigenvalue weighted by atomic mass is 32.2. The minimum atomic E-state index is 0.473. The zero-order chi connectivity index (χ0) is 18.9. The van der Waals surface area contributed by atoms with Crippen molar-refractivity contribution in [2.75, 3.05) is 24.7 Å². The average molecular weight is 393 g/mol. The molecule has 2 aromatic rings. The summed E-state index contributed by atoms with van der Waals surface area (Å²) >= 11 is 6.95. The third-order valence-electron chi connectivity index (χ3n) is 3.35. The lowest BCUT2D eigenvalue weighted by Gasteiger charge is -2.12. The highest BCUT2D eigenvalue weighted by Crippen LogP contribution is 2.12. The summed E-state index contributed by atoms with van der Waals surface area (Å²) in [6.07, 6.45) is 1.72. The van der Waals surface area contributed by atoms with Crippen LogP contribution < -0.4 is 16.0 Å². The van der Waals surface area contributed by atoms with Gasteiger partial charge in [-0.3, -0.25) is 10.3 Å². The molecule has 0 spiro atoms. The molecule has 2 rings (SSSR count). The number of hydrogen-bond donors (Lipinski definition) is 4. The standard InChI is InChI=1S/C16H24N8S2/c1-10-7-11(2)22-15(21-10)23-14(24-16(25)17-4)18-5-6-26-8-13-12(3)19-9-20-13/h7,9H,5-6,8H2,1-4H3,(H,19,20)(H3,17,18,21,22,23,24,25). The van der Waals surface area contributed by atoms with Gasteiger partial charge in [0.1, 0.15) is 0 Å². The predicted octanol–water partition coefficient (Wildman–Crippen LogP) is 1.92. The highest BCUT2D eigenvalue weighted by Gasteiger charge is 2.06. The zero-order valence-corrected chi connectivity index (χ0v) is 17.0. The number of aryl methyl sites for hydroxylation is 3. The second-order valence-electron chi connectivity index (χ2n) is 5.56. The lowest BCUT2D eigenvalue weighted by atomic mass is 10.4. The van der Waals surface area contributed by atoms with Crippen molar-refractivity contribution in [3.63, 3.8) is 0 Å². The van der Waals surface area contributed by atoms with E-state index in [0.29, 0.717) is 23.6 Å². The van der Waals surface area contributed by atoms with Crippen molar-refractivity contribution >= 4 is 41.0 Å². The zero-order valence-electron chi connectivity index (χ0n) is 15.4. The Morgan fingerprint density at radius 2 is 2.00 bits per heavy atom. The molecule has 140 valence electrons. The maximum absolute atomic E-state index is 5.17. The number of H-pyrrole nitrogens is 1. The Bertz CT molecular complexity index is 751. The fraction of sp³-hybridized carbons (Fsp3) is 0.438. The molecular formula is C16H24N8S2. The Kier molecular flexibility index (Phi) is 7.79. The van der Waals surface area contributed by atoms with Gasteiger partial charge >= 0.3 is 0 Å². The molecule has 0 radical (unpaired) electrons. The van der Waals surface area contributed by atoms with Gasteiger partial charge in [0.05, 0.1) is 18.6 Å². The van der Waals surface area contributed by atoms with Crippen molar-refractivity contribution in [2.24, 2.45) is 4.99 Å². The normalized spacial score (nSPS) is 11.3. The highest BCUT2D eigenvalue weighted by molar-refractivity contribution is 7.98. The van der Waals surface area contributed by atoms with E-state index in [-0.39, 0.29) is 0 Å². The fourth-order valence-corrected chi connectivity index (χ4v) is 3.04. The number of thioether (sulfide) groups is 1. The fourth-order valence-electron chi connectivity index (χ4n) is 2.09. The minimum Gasteiger partial charge on any atom is -0.365 e. The smallest absolute Gasteiger partial charge is 0.229 e. The number of aromatic nitrogens is 4. The van der Waals surface area contributed by atoms with E-state index in [1.54, 1.807) is 25.1 Å². The number of thiocarbonyl (C=S) groups is 1. The molecule has 2 aromatic heterocycles. The number of anilines is 1. The van der Waals surface area contributed by atoms with Crippen LogP contribution in [0.2, 0.25) is 0 Å². The van der Waals surface area contributed by atoms with Gasteiger partial charge in [0, 0.05) is 35.6 Å². The number of hydrogen-bond acceptors (Lipinski definition) is 6. The van der Waals surface area contributed by atoms with Gasteiger partial charge in [-0.05, 0) is 39.1 Å². The van der Waals surface area contributed by atoms with Crippen LogP contribution in [0.3, 0.4) is 0 Å². The van der Waals surface area contributed by atoms with E-state index in [2.05, 4.69) is 40.9 Å². The van der Waals surface area contributed by atoms with E-state index in [1.807, 2.05) is 26.8 Å². The molecule has 10 heteroatoms. The maximum Gasteiger partial charge on any atom is 0.229 e. The van der Waals surface area contributed by atoms with Crippen LogP contribution in [0.5, 0.6) is 0 Å². The van der Waals surface area contributed by atoms with E-state index in [0.717, 1.165) is 34.3 Å². The third-order valence-corrected chi connectivity index (χ3v) is 4.61. The second kappa shape index (κ2) is 10.1. The number of nitrogens with one attached hydrogen (secondary N) is 4. The van der Waals surface area contributed by atoms with Crippen LogP contribution in [0, 0.1) is 20.8 Å². The molecule has 0 unspecified atom stereocenters.